The lowest BCUT2D eigenvalue weighted by atomic mass is 10.1. The normalized spacial score (nSPS) is 9.67. The predicted octanol–water partition coefficient (Wildman–Crippen LogP) is 1.20. The molecule has 0 aliphatic heterocycles. The van der Waals surface area contributed by atoms with E-state index in [1.165, 1.54) is 7.11 Å². The van der Waals surface area contributed by atoms with E-state index < -0.39 is 0 Å². The van der Waals surface area contributed by atoms with Crippen LogP contribution in [0.2, 0.25) is 0 Å². The number of methoxy groups -OCH3 is 2. The highest BCUT2D eigenvalue weighted by Crippen LogP contribution is 2.18. The molecule has 1 aromatic carbocycles. The summed E-state index contributed by atoms with van der Waals surface area (Å²) in [4.78, 5) is 12.0. The Morgan fingerprint density at radius 3 is 2.81 bits per heavy atom. The smallest absolute Gasteiger partial charge is 0.251 e. The van der Waals surface area contributed by atoms with Crippen molar-refractivity contribution in [3.8, 4) is 17.6 Å². The molecule has 0 saturated carbocycles. The molecule has 0 atom stereocenters. The summed E-state index contributed by atoms with van der Waals surface area (Å²) < 4.78 is 10.1. The van der Waals surface area contributed by atoms with Crippen LogP contribution in [0.4, 0.5) is 0 Å². The summed E-state index contributed by atoms with van der Waals surface area (Å²) in [5.74, 6) is 5.75. The molecule has 0 unspecified atom stereocenters. The van der Waals surface area contributed by atoms with Crippen molar-refractivity contribution in [2.24, 2.45) is 0 Å². The second-order valence-corrected chi connectivity index (χ2v) is 4.33. The summed E-state index contributed by atoms with van der Waals surface area (Å²) in [5, 5.41) is 11.6. The molecule has 1 aromatic rings. The lowest BCUT2D eigenvalue weighted by molar-refractivity contribution is 0.0951. The van der Waals surface area contributed by atoms with Crippen LogP contribution in [0.1, 0.15) is 28.8 Å². The van der Waals surface area contributed by atoms with Crippen LogP contribution < -0.4 is 10.1 Å². The molecule has 0 bridgehead atoms. The van der Waals surface area contributed by atoms with Gasteiger partial charge in [0.1, 0.15) is 12.4 Å². The Labute approximate surface area is 125 Å². The van der Waals surface area contributed by atoms with Crippen LogP contribution in [0.3, 0.4) is 0 Å². The van der Waals surface area contributed by atoms with E-state index in [0.717, 1.165) is 12.8 Å². The van der Waals surface area contributed by atoms with Crippen molar-refractivity contribution in [2.45, 2.75) is 12.8 Å². The average molecular weight is 291 g/mol. The van der Waals surface area contributed by atoms with E-state index in [0.29, 0.717) is 30.0 Å². The monoisotopic (exact) mass is 291 g/mol. The number of rotatable bonds is 7. The van der Waals surface area contributed by atoms with Crippen LogP contribution in [0, 0.1) is 11.8 Å². The summed E-state index contributed by atoms with van der Waals surface area (Å²) in [5.41, 5.74) is 1.10. The van der Waals surface area contributed by atoms with E-state index in [1.807, 2.05) is 0 Å². The summed E-state index contributed by atoms with van der Waals surface area (Å²) in [7, 11) is 3.19. The zero-order valence-electron chi connectivity index (χ0n) is 12.4. The quantitative estimate of drug-likeness (QED) is 0.585. The molecule has 5 nitrogen and oxygen atoms in total. The standard InChI is InChI=1S/C16H21NO4/c1-20-11-4-3-9-17-16(19)14-7-8-15(21-2)13(12-14)6-5-10-18/h7-8,12,18H,3-4,9-11H2,1-2H3,(H,17,19). The highest BCUT2D eigenvalue weighted by atomic mass is 16.5. The second kappa shape index (κ2) is 9.81. The van der Waals surface area contributed by atoms with E-state index in [4.69, 9.17) is 14.6 Å². The molecule has 0 aromatic heterocycles. The first kappa shape index (κ1) is 17.0. The minimum absolute atomic E-state index is 0.151. The van der Waals surface area contributed by atoms with Gasteiger partial charge in [-0.3, -0.25) is 4.79 Å². The van der Waals surface area contributed by atoms with E-state index in [2.05, 4.69) is 17.2 Å². The van der Waals surface area contributed by atoms with Crippen molar-refractivity contribution in [1.29, 1.82) is 0 Å². The third-order valence-electron chi connectivity index (χ3n) is 2.82. The zero-order chi connectivity index (χ0) is 15.5. The number of aliphatic hydroxyl groups is 1. The number of aliphatic hydroxyl groups excluding tert-OH is 1. The van der Waals surface area contributed by atoms with Gasteiger partial charge in [0.25, 0.3) is 5.91 Å². The Balaban J connectivity index is 2.67. The van der Waals surface area contributed by atoms with Gasteiger partial charge in [-0.05, 0) is 31.0 Å². The number of hydrogen-bond donors (Lipinski definition) is 2. The number of carbonyl (C=O) groups excluding carboxylic acids is 1. The van der Waals surface area contributed by atoms with Gasteiger partial charge in [-0.1, -0.05) is 11.8 Å². The van der Waals surface area contributed by atoms with Crippen molar-refractivity contribution in [1.82, 2.24) is 5.32 Å². The van der Waals surface area contributed by atoms with Crippen molar-refractivity contribution in [3.05, 3.63) is 29.3 Å². The number of nitrogens with one attached hydrogen (secondary N) is 1. The molecule has 0 heterocycles. The Morgan fingerprint density at radius 1 is 1.33 bits per heavy atom. The molecule has 0 spiro atoms. The molecule has 2 N–H and O–H groups in total. The average Bonchev–Trinajstić information content (AvgIpc) is 2.52. The molecule has 0 aliphatic carbocycles. The van der Waals surface area contributed by atoms with Crippen LogP contribution in [0.5, 0.6) is 5.75 Å². The van der Waals surface area contributed by atoms with Gasteiger partial charge in [0.2, 0.25) is 0 Å². The molecular formula is C16H21NO4. The number of carbonyl (C=O) groups is 1. The van der Waals surface area contributed by atoms with Gasteiger partial charge in [-0.15, -0.1) is 0 Å². The number of ether oxygens (including phenoxy) is 2. The summed E-state index contributed by atoms with van der Waals surface area (Å²) >= 11 is 0. The fourth-order valence-corrected chi connectivity index (χ4v) is 1.76. The van der Waals surface area contributed by atoms with Gasteiger partial charge in [-0.2, -0.15) is 0 Å². The fraction of sp³-hybridized carbons (Fsp3) is 0.438. The molecular weight excluding hydrogens is 270 g/mol. The van der Waals surface area contributed by atoms with E-state index in [9.17, 15) is 4.79 Å². The number of unbranched alkanes of at least 4 members (excludes halogenated alkanes) is 1. The van der Waals surface area contributed by atoms with Gasteiger partial charge in [0, 0.05) is 25.8 Å². The summed E-state index contributed by atoms with van der Waals surface area (Å²) in [6.07, 6.45) is 1.78. The van der Waals surface area contributed by atoms with Crippen LogP contribution in [-0.2, 0) is 4.74 Å². The van der Waals surface area contributed by atoms with Crippen molar-refractivity contribution in [3.63, 3.8) is 0 Å². The van der Waals surface area contributed by atoms with Crippen LogP contribution in [0.15, 0.2) is 18.2 Å². The van der Waals surface area contributed by atoms with Crippen LogP contribution in [-0.4, -0.2) is 45.0 Å². The predicted molar refractivity (Wildman–Crippen MR) is 80.4 cm³/mol. The lowest BCUT2D eigenvalue weighted by Crippen LogP contribution is -2.24. The van der Waals surface area contributed by atoms with Gasteiger partial charge < -0.3 is 19.9 Å². The Kier molecular flexibility index (Phi) is 7.95. The highest BCUT2D eigenvalue weighted by molar-refractivity contribution is 5.94. The van der Waals surface area contributed by atoms with Gasteiger partial charge in [-0.25, -0.2) is 0 Å². The SMILES string of the molecule is COCCCCNC(=O)c1ccc(OC)c(C#CCO)c1. The molecule has 0 radical (unpaired) electrons. The Hall–Kier alpha value is -2.03. The van der Waals surface area contributed by atoms with Gasteiger partial charge >= 0.3 is 0 Å². The number of hydrogen-bond acceptors (Lipinski definition) is 4. The summed E-state index contributed by atoms with van der Waals surface area (Å²) in [6.45, 7) is 1.06. The van der Waals surface area contributed by atoms with E-state index in [-0.39, 0.29) is 12.5 Å². The van der Waals surface area contributed by atoms with E-state index >= 15 is 0 Å². The minimum Gasteiger partial charge on any atom is -0.495 e. The van der Waals surface area contributed by atoms with Crippen LogP contribution >= 0.6 is 0 Å². The summed E-state index contributed by atoms with van der Waals surface area (Å²) in [6, 6.07) is 5.04. The maximum Gasteiger partial charge on any atom is 0.251 e. The molecule has 0 aliphatic rings. The zero-order valence-corrected chi connectivity index (χ0v) is 12.4. The molecule has 1 amide bonds. The molecule has 1 rings (SSSR count). The number of benzene rings is 1. The first-order chi connectivity index (χ1) is 10.2. The van der Waals surface area contributed by atoms with Crippen molar-refractivity contribution in [2.75, 3.05) is 34.0 Å². The van der Waals surface area contributed by atoms with Gasteiger partial charge in [0.05, 0.1) is 12.7 Å². The molecule has 5 heteroatoms. The maximum atomic E-state index is 12.0. The Bertz CT molecular complexity index is 517. The Morgan fingerprint density at radius 2 is 2.14 bits per heavy atom. The minimum atomic E-state index is -0.237. The van der Waals surface area contributed by atoms with Crippen LogP contribution in [0.25, 0.3) is 0 Å². The van der Waals surface area contributed by atoms with Crippen molar-refractivity contribution < 1.29 is 19.4 Å². The first-order valence-corrected chi connectivity index (χ1v) is 6.77. The van der Waals surface area contributed by atoms with Gasteiger partial charge in [0.15, 0.2) is 0 Å². The number of amides is 1. The maximum absolute atomic E-state index is 12.0. The third-order valence-corrected chi connectivity index (χ3v) is 2.82. The fourth-order valence-electron chi connectivity index (χ4n) is 1.76. The van der Waals surface area contributed by atoms with E-state index in [1.54, 1.807) is 25.3 Å². The molecule has 0 saturated heterocycles. The molecule has 114 valence electrons. The topological polar surface area (TPSA) is 67.8 Å². The van der Waals surface area contributed by atoms with Crippen molar-refractivity contribution >= 4 is 5.91 Å². The highest BCUT2D eigenvalue weighted by Gasteiger charge is 2.08. The largest absolute Gasteiger partial charge is 0.495 e. The molecule has 21 heavy (non-hydrogen) atoms. The lowest BCUT2D eigenvalue weighted by Gasteiger charge is -2.08. The third kappa shape index (κ3) is 5.86. The second-order valence-electron chi connectivity index (χ2n) is 4.33. The first-order valence-electron chi connectivity index (χ1n) is 6.77. The molecule has 0 fully saturated rings.